The average Bonchev–Trinajstić information content (AvgIpc) is 2.78. The van der Waals surface area contributed by atoms with Gasteiger partial charge in [-0.3, -0.25) is 4.90 Å². The van der Waals surface area contributed by atoms with Crippen molar-refractivity contribution in [3.8, 4) is 0 Å². The van der Waals surface area contributed by atoms with Gasteiger partial charge in [0.1, 0.15) is 0 Å². The molecule has 0 saturated carbocycles. The average molecular weight is 449 g/mol. The highest BCUT2D eigenvalue weighted by Gasteiger charge is 2.26. The molecule has 1 unspecified atom stereocenters. The number of hydrogen-bond acceptors (Lipinski definition) is 4. The summed E-state index contributed by atoms with van der Waals surface area (Å²) in [5.74, 6) is 0.681. The number of aliphatic hydroxyl groups excluding tert-OH is 1. The van der Waals surface area contributed by atoms with Gasteiger partial charge in [-0.15, -0.1) is 11.8 Å². The third kappa shape index (κ3) is 7.21. The van der Waals surface area contributed by atoms with E-state index in [4.69, 9.17) is 0 Å². The quantitative estimate of drug-likeness (QED) is 0.378. The first-order valence-corrected chi connectivity index (χ1v) is 12.3. The fourth-order valence-corrected chi connectivity index (χ4v) is 5.06. The number of nitrogens with zero attached hydrogens (tertiary/aromatic N) is 1. The van der Waals surface area contributed by atoms with Gasteiger partial charge in [0, 0.05) is 29.3 Å². The van der Waals surface area contributed by atoms with Gasteiger partial charge in [-0.05, 0) is 50.6 Å². The molecule has 3 aromatic rings. The zero-order valence-corrected chi connectivity index (χ0v) is 20.5. The summed E-state index contributed by atoms with van der Waals surface area (Å²) < 4.78 is 0. The van der Waals surface area contributed by atoms with Crippen LogP contribution in [-0.2, 0) is 0 Å². The summed E-state index contributed by atoms with van der Waals surface area (Å²) in [6.45, 7) is 7.94. The molecule has 2 N–H and O–H groups in total. The Morgan fingerprint density at radius 3 is 1.97 bits per heavy atom. The van der Waals surface area contributed by atoms with Crippen LogP contribution in [0.1, 0.15) is 36.6 Å². The zero-order valence-electron chi connectivity index (χ0n) is 19.7. The van der Waals surface area contributed by atoms with Crippen molar-refractivity contribution in [2.75, 3.05) is 25.9 Å². The maximum Gasteiger partial charge on any atom is 0.0758 e. The summed E-state index contributed by atoms with van der Waals surface area (Å²) in [5.41, 5.74) is 3.68. The summed E-state index contributed by atoms with van der Waals surface area (Å²) in [4.78, 5) is 3.63. The Morgan fingerprint density at radius 2 is 1.41 bits per heavy atom. The second-order valence-electron chi connectivity index (χ2n) is 9.13. The predicted molar refractivity (Wildman–Crippen MR) is 137 cm³/mol. The van der Waals surface area contributed by atoms with Crippen LogP contribution in [0.25, 0.3) is 0 Å². The second kappa shape index (κ2) is 11.7. The van der Waals surface area contributed by atoms with Gasteiger partial charge in [-0.1, -0.05) is 78.9 Å². The van der Waals surface area contributed by atoms with E-state index in [-0.39, 0.29) is 11.6 Å². The summed E-state index contributed by atoms with van der Waals surface area (Å²) >= 11 is 1.72. The van der Waals surface area contributed by atoms with Gasteiger partial charge >= 0.3 is 0 Å². The SMILES string of the molecule is Cc1ccccc1SCC(O)CNC(C)(C)CN(C)C(c1ccccc1)c1ccccc1. The lowest BCUT2D eigenvalue weighted by Gasteiger charge is -2.37. The van der Waals surface area contributed by atoms with Crippen LogP contribution in [0.2, 0.25) is 0 Å². The second-order valence-corrected chi connectivity index (χ2v) is 10.2. The number of hydrogen-bond donors (Lipinski definition) is 2. The van der Waals surface area contributed by atoms with Crippen molar-refractivity contribution in [1.82, 2.24) is 10.2 Å². The molecular formula is C28H36N2OS. The first kappa shape index (κ1) is 24.5. The smallest absolute Gasteiger partial charge is 0.0758 e. The van der Waals surface area contributed by atoms with Crippen LogP contribution in [0, 0.1) is 6.92 Å². The lowest BCUT2D eigenvalue weighted by Crippen LogP contribution is -2.51. The van der Waals surface area contributed by atoms with Gasteiger partial charge < -0.3 is 10.4 Å². The highest BCUT2D eigenvalue weighted by Crippen LogP contribution is 2.28. The first-order chi connectivity index (χ1) is 15.4. The molecule has 3 aromatic carbocycles. The van der Waals surface area contributed by atoms with Gasteiger partial charge in [0.25, 0.3) is 0 Å². The molecule has 32 heavy (non-hydrogen) atoms. The molecule has 170 valence electrons. The van der Waals surface area contributed by atoms with Crippen LogP contribution in [0.15, 0.2) is 89.8 Å². The Balaban J connectivity index is 1.59. The van der Waals surface area contributed by atoms with Gasteiger partial charge in [-0.2, -0.15) is 0 Å². The number of likely N-dealkylation sites (N-methyl/N-ethyl adjacent to an activating group) is 1. The van der Waals surface area contributed by atoms with Crippen molar-refractivity contribution < 1.29 is 5.11 Å². The fraction of sp³-hybridized carbons (Fsp3) is 0.357. The number of nitrogens with one attached hydrogen (secondary N) is 1. The van der Waals surface area contributed by atoms with Crippen molar-refractivity contribution in [2.24, 2.45) is 0 Å². The lowest BCUT2D eigenvalue weighted by molar-refractivity contribution is 0.157. The molecule has 0 aliphatic heterocycles. The van der Waals surface area contributed by atoms with Crippen LogP contribution in [0.4, 0.5) is 0 Å². The molecule has 0 amide bonds. The van der Waals surface area contributed by atoms with Crippen molar-refractivity contribution in [3.05, 3.63) is 102 Å². The van der Waals surface area contributed by atoms with E-state index >= 15 is 0 Å². The van der Waals surface area contributed by atoms with Crippen molar-refractivity contribution >= 4 is 11.8 Å². The molecule has 4 heteroatoms. The zero-order chi connectivity index (χ0) is 23.0. The van der Waals surface area contributed by atoms with Gasteiger partial charge in [-0.25, -0.2) is 0 Å². The molecule has 0 saturated heterocycles. The molecule has 1 atom stereocenters. The molecule has 0 aromatic heterocycles. The standard InChI is InChI=1S/C28H36N2OS/c1-22-13-11-12-18-26(22)32-20-25(31)19-29-28(2,3)21-30(4)27(23-14-7-5-8-15-23)24-16-9-6-10-17-24/h5-18,25,27,29,31H,19-21H2,1-4H3. The van der Waals surface area contributed by atoms with Crippen LogP contribution in [-0.4, -0.2) is 47.5 Å². The number of β-amino-alcohol motifs (C(OH)–C–C–N with tert-alkyl or cyclic N) is 1. The normalized spacial score (nSPS) is 13.0. The summed E-state index contributed by atoms with van der Waals surface area (Å²) in [6, 6.07) is 29.8. The minimum absolute atomic E-state index is 0.148. The first-order valence-electron chi connectivity index (χ1n) is 11.3. The lowest BCUT2D eigenvalue weighted by atomic mass is 9.95. The minimum Gasteiger partial charge on any atom is -0.391 e. The maximum absolute atomic E-state index is 10.6. The molecule has 0 aliphatic carbocycles. The van der Waals surface area contributed by atoms with E-state index < -0.39 is 6.10 Å². The van der Waals surface area contributed by atoms with E-state index in [1.807, 2.05) is 0 Å². The molecule has 0 heterocycles. The van der Waals surface area contributed by atoms with E-state index in [9.17, 15) is 5.11 Å². The molecule has 0 radical (unpaired) electrons. The topological polar surface area (TPSA) is 35.5 Å². The van der Waals surface area contributed by atoms with Crippen LogP contribution in [0.5, 0.6) is 0 Å². The molecule has 3 rings (SSSR count). The number of rotatable bonds is 11. The minimum atomic E-state index is -0.400. The molecule has 0 aliphatic rings. The van der Waals surface area contributed by atoms with E-state index in [1.165, 1.54) is 21.6 Å². The highest BCUT2D eigenvalue weighted by molar-refractivity contribution is 7.99. The Bertz CT molecular complexity index is 906. The molecule has 0 fully saturated rings. The third-order valence-corrected chi connectivity index (χ3v) is 6.98. The maximum atomic E-state index is 10.6. The molecule has 0 bridgehead atoms. The van der Waals surface area contributed by atoms with E-state index in [2.05, 4.69) is 123 Å². The highest BCUT2D eigenvalue weighted by atomic mass is 32.2. The number of aryl methyl sites for hydroxylation is 1. The van der Waals surface area contributed by atoms with Crippen molar-refractivity contribution in [2.45, 2.75) is 43.4 Å². The van der Waals surface area contributed by atoms with E-state index in [0.717, 1.165) is 6.54 Å². The Labute approximate surface area is 197 Å². The summed E-state index contributed by atoms with van der Waals surface area (Å²) in [6.07, 6.45) is -0.400. The summed E-state index contributed by atoms with van der Waals surface area (Å²) in [5, 5.41) is 14.2. The molecular weight excluding hydrogens is 412 g/mol. The number of benzene rings is 3. The van der Waals surface area contributed by atoms with Gasteiger partial charge in [0.2, 0.25) is 0 Å². The van der Waals surface area contributed by atoms with Crippen molar-refractivity contribution in [3.63, 3.8) is 0 Å². The largest absolute Gasteiger partial charge is 0.391 e. The van der Waals surface area contributed by atoms with Crippen LogP contribution < -0.4 is 5.32 Å². The molecule has 0 spiro atoms. The monoisotopic (exact) mass is 448 g/mol. The van der Waals surface area contributed by atoms with Gasteiger partial charge in [0.05, 0.1) is 12.1 Å². The number of thioether (sulfide) groups is 1. The third-order valence-electron chi connectivity index (χ3n) is 5.66. The van der Waals surface area contributed by atoms with E-state index in [0.29, 0.717) is 12.3 Å². The van der Waals surface area contributed by atoms with Crippen LogP contribution >= 0.6 is 11.8 Å². The van der Waals surface area contributed by atoms with E-state index in [1.54, 1.807) is 11.8 Å². The Hall–Kier alpha value is -2.11. The predicted octanol–water partition coefficient (Wildman–Crippen LogP) is 5.54. The Morgan fingerprint density at radius 1 is 0.875 bits per heavy atom. The molecule has 3 nitrogen and oxygen atoms in total. The van der Waals surface area contributed by atoms with Crippen LogP contribution in [0.3, 0.4) is 0 Å². The van der Waals surface area contributed by atoms with Crippen molar-refractivity contribution in [1.29, 1.82) is 0 Å². The number of aliphatic hydroxyl groups is 1. The summed E-state index contributed by atoms with van der Waals surface area (Å²) in [7, 11) is 2.18. The van der Waals surface area contributed by atoms with Gasteiger partial charge in [0.15, 0.2) is 0 Å². The fourth-order valence-electron chi connectivity index (χ4n) is 4.10. The Kier molecular flexibility index (Phi) is 8.94.